The topological polar surface area (TPSA) is 64.1 Å². The normalized spacial score (nSPS) is 10.8. The summed E-state index contributed by atoms with van der Waals surface area (Å²) in [6, 6.07) is 9.79. The van der Waals surface area contributed by atoms with E-state index in [9.17, 15) is 9.18 Å². The molecule has 0 aliphatic carbocycles. The van der Waals surface area contributed by atoms with E-state index in [2.05, 4.69) is 15.3 Å². The van der Waals surface area contributed by atoms with Crippen molar-refractivity contribution in [3.8, 4) is 5.88 Å². The maximum Gasteiger partial charge on any atom is 0.275 e. The zero-order chi connectivity index (χ0) is 18.7. The minimum absolute atomic E-state index is 0.143. The van der Waals surface area contributed by atoms with E-state index in [0.717, 1.165) is 16.7 Å². The highest BCUT2D eigenvalue weighted by Gasteiger charge is 2.18. The van der Waals surface area contributed by atoms with Gasteiger partial charge in [0, 0.05) is 6.54 Å². The molecule has 0 saturated carbocycles. The number of carbonyl (C=O) groups excluding carboxylic acids is 1. The minimum Gasteiger partial charge on any atom is -0.476 e. The van der Waals surface area contributed by atoms with Gasteiger partial charge in [0.1, 0.15) is 5.82 Å². The Labute approximate surface area is 151 Å². The highest BCUT2D eigenvalue weighted by Crippen LogP contribution is 2.22. The zero-order valence-corrected chi connectivity index (χ0v) is 15.0. The summed E-state index contributed by atoms with van der Waals surface area (Å²) < 4.78 is 18.5. The van der Waals surface area contributed by atoms with Crippen molar-refractivity contribution < 1.29 is 13.9 Å². The molecule has 1 heterocycles. The predicted molar refractivity (Wildman–Crippen MR) is 97.8 cm³/mol. The Morgan fingerprint density at radius 1 is 1.08 bits per heavy atom. The quantitative estimate of drug-likeness (QED) is 0.759. The van der Waals surface area contributed by atoms with Crippen LogP contribution in [0.15, 0.2) is 36.4 Å². The van der Waals surface area contributed by atoms with Crippen molar-refractivity contribution in [2.24, 2.45) is 0 Å². The van der Waals surface area contributed by atoms with Crippen molar-refractivity contribution in [2.75, 3.05) is 6.61 Å². The van der Waals surface area contributed by atoms with Crippen LogP contribution in [0.1, 0.15) is 34.1 Å². The van der Waals surface area contributed by atoms with Gasteiger partial charge in [-0.2, -0.15) is 0 Å². The average Bonchev–Trinajstić information content (AvgIpc) is 2.62. The maximum atomic E-state index is 13.0. The first-order valence-electron chi connectivity index (χ1n) is 8.42. The van der Waals surface area contributed by atoms with Crippen molar-refractivity contribution in [3.63, 3.8) is 0 Å². The molecule has 3 rings (SSSR count). The van der Waals surface area contributed by atoms with Crippen LogP contribution in [-0.4, -0.2) is 22.5 Å². The average molecular weight is 353 g/mol. The molecule has 134 valence electrons. The number of ether oxygens (including phenoxy) is 1. The molecule has 1 amide bonds. The Morgan fingerprint density at radius 3 is 2.31 bits per heavy atom. The summed E-state index contributed by atoms with van der Waals surface area (Å²) >= 11 is 0. The van der Waals surface area contributed by atoms with E-state index in [4.69, 9.17) is 4.74 Å². The second-order valence-electron chi connectivity index (χ2n) is 6.04. The van der Waals surface area contributed by atoms with Gasteiger partial charge in [-0.1, -0.05) is 12.1 Å². The van der Waals surface area contributed by atoms with Crippen LogP contribution in [0.2, 0.25) is 0 Å². The highest BCUT2D eigenvalue weighted by atomic mass is 19.1. The predicted octanol–water partition coefficient (Wildman–Crippen LogP) is 3.71. The summed E-state index contributed by atoms with van der Waals surface area (Å²) in [7, 11) is 0. The molecule has 26 heavy (non-hydrogen) atoms. The SMILES string of the molecule is CCOc1nc2cc(C)c(C)cc2nc1C(=O)NCc1ccc(F)cc1. The molecule has 2 aromatic carbocycles. The molecule has 5 nitrogen and oxygen atoms in total. The van der Waals surface area contributed by atoms with Crippen molar-refractivity contribution in [1.82, 2.24) is 15.3 Å². The lowest BCUT2D eigenvalue weighted by atomic mass is 10.1. The van der Waals surface area contributed by atoms with Gasteiger partial charge in [-0.15, -0.1) is 0 Å². The van der Waals surface area contributed by atoms with E-state index >= 15 is 0 Å². The fourth-order valence-corrected chi connectivity index (χ4v) is 2.55. The molecule has 6 heteroatoms. The maximum absolute atomic E-state index is 13.0. The molecule has 0 fully saturated rings. The Balaban J connectivity index is 1.90. The molecule has 0 aliphatic rings. The van der Waals surface area contributed by atoms with Crippen LogP contribution >= 0.6 is 0 Å². The molecule has 0 spiro atoms. The first-order valence-corrected chi connectivity index (χ1v) is 8.42. The number of amides is 1. The molecule has 0 aliphatic heterocycles. The van der Waals surface area contributed by atoms with Gasteiger partial charge in [0.05, 0.1) is 17.6 Å². The van der Waals surface area contributed by atoms with E-state index in [1.807, 2.05) is 32.9 Å². The van der Waals surface area contributed by atoms with Gasteiger partial charge in [0.25, 0.3) is 5.91 Å². The second-order valence-corrected chi connectivity index (χ2v) is 6.04. The standard InChI is InChI=1S/C20H20FN3O2/c1-4-26-20-18(19(25)22-11-14-5-7-15(21)8-6-14)23-16-9-12(2)13(3)10-17(16)24-20/h5-10H,4,11H2,1-3H3,(H,22,25). The lowest BCUT2D eigenvalue weighted by Gasteiger charge is -2.11. The number of halogens is 1. The van der Waals surface area contributed by atoms with Crippen LogP contribution in [0, 0.1) is 19.7 Å². The van der Waals surface area contributed by atoms with E-state index in [1.165, 1.54) is 12.1 Å². The summed E-state index contributed by atoms with van der Waals surface area (Å²) in [6.07, 6.45) is 0. The largest absolute Gasteiger partial charge is 0.476 e. The fraction of sp³-hybridized carbons (Fsp3) is 0.250. The second kappa shape index (κ2) is 7.47. The summed E-state index contributed by atoms with van der Waals surface area (Å²) in [6.45, 7) is 6.45. The van der Waals surface area contributed by atoms with Gasteiger partial charge < -0.3 is 10.1 Å². The Kier molecular flexibility index (Phi) is 5.11. The fourth-order valence-electron chi connectivity index (χ4n) is 2.55. The number of fused-ring (bicyclic) bond motifs is 1. The van der Waals surface area contributed by atoms with Gasteiger partial charge >= 0.3 is 0 Å². The molecule has 3 aromatic rings. The number of carbonyl (C=O) groups is 1. The smallest absolute Gasteiger partial charge is 0.275 e. The van der Waals surface area contributed by atoms with Gasteiger partial charge in [0.15, 0.2) is 5.69 Å². The monoisotopic (exact) mass is 353 g/mol. The lowest BCUT2D eigenvalue weighted by molar-refractivity contribution is 0.0941. The summed E-state index contributed by atoms with van der Waals surface area (Å²) in [5, 5.41) is 2.78. The third-order valence-corrected chi connectivity index (χ3v) is 4.11. The van der Waals surface area contributed by atoms with Crippen LogP contribution in [-0.2, 0) is 6.54 Å². The summed E-state index contributed by atoms with van der Waals surface area (Å²) in [5.74, 6) is -0.491. The Bertz CT molecular complexity index is 955. The Morgan fingerprint density at radius 2 is 1.69 bits per heavy atom. The molecule has 0 unspecified atom stereocenters. The third-order valence-electron chi connectivity index (χ3n) is 4.11. The van der Waals surface area contributed by atoms with Crippen LogP contribution in [0.5, 0.6) is 5.88 Å². The molecule has 0 radical (unpaired) electrons. The zero-order valence-electron chi connectivity index (χ0n) is 15.0. The summed E-state index contributed by atoms with van der Waals surface area (Å²) in [5.41, 5.74) is 4.44. The Hall–Kier alpha value is -3.02. The minimum atomic E-state index is -0.384. The molecule has 0 bridgehead atoms. The lowest BCUT2D eigenvalue weighted by Crippen LogP contribution is -2.25. The number of benzene rings is 2. The third kappa shape index (κ3) is 3.79. The number of hydrogen-bond donors (Lipinski definition) is 1. The van der Waals surface area contributed by atoms with Gasteiger partial charge in [-0.25, -0.2) is 14.4 Å². The molecular weight excluding hydrogens is 333 g/mol. The van der Waals surface area contributed by atoms with Gasteiger partial charge in [0.2, 0.25) is 5.88 Å². The number of rotatable bonds is 5. The molecule has 1 aromatic heterocycles. The van der Waals surface area contributed by atoms with E-state index in [-0.39, 0.29) is 29.8 Å². The van der Waals surface area contributed by atoms with Crippen molar-refractivity contribution in [3.05, 3.63) is 64.6 Å². The molecule has 0 saturated heterocycles. The van der Waals surface area contributed by atoms with E-state index in [0.29, 0.717) is 17.6 Å². The van der Waals surface area contributed by atoms with Crippen LogP contribution < -0.4 is 10.1 Å². The first kappa shape index (κ1) is 17.8. The van der Waals surface area contributed by atoms with Gasteiger partial charge in [-0.05, 0) is 61.7 Å². The van der Waals surface area contributed by atoms with Crippen molar-refractivity contribution in [1.29, 1.82) is 0 Å². The molecular formula is C20H20FN3O2. The molecule has 1 N–H and O–H groups in total. The van der Waals surface area contributed by atoms with Gasteiger partial charge in [-0.3, -0.25) is 4.79 Å². The van der Waals surface area contributed by atoms with E-state index < -0.39 is 0 Å². The number of nitrogens with one attached hydrogen (secondary N) is 1. The van der Waals surface area contributed by atoms with E-state index in [1.54, 1.807) is 12.1 Å². The van der Waals surface area contributed by atoms with Crippen molar-refractivity contribution in [2.45, 2.75) is 27.3 Å². The van der Waals surface area contributed by atoms with Crippen molar-refractivity contribution >= 4 is 16.9 Å². The van der Waals surface area contributed by atoms with Crippen LogP contribution in [0.3, 0.4) is 0 Å². The van der Waals surface area contributed by atoms with Crippen LogP contribution in [0.25, 0.3) is 11.0 Å². The highest BCUT2D eigenvalue weighted by molar-refractivity contribution is 5.96. The first-order chi connectivity index (χ1) is 12.5. The van der Waals surface area contributed by atoms with Crippen LogP contribution in [0.4, 0.5) is 4.39 Å². The number of nitrogens with zero attached hydrogens (tertiary/aromatic N) is 2. The summed E-state index contributed by atoms with van der Waals surface area (Å²) in [4.78, 5) is 21.5. The number of hydrogen-bond acceptors (Lipinski definition) is 4. The number of aryl methyl sites for hydroxylation is 2. The number of aromatic nitrogens is 2. The molecule has 0 atom stereocenters.